The smallest absolute Gasteiger partial charge is 0.00103 e. The van der Waals surface area contributed by atoms with E-state index >= 15 is 0 Å². The zero-order valence-electron chi connectivity index (χ0n) is 13.3. The van der Waals surface area contributed by atoms with E-state index in [2.05, 4.69) is 50.0 Å². The summed E-state index contributed by atoms with van der Waals surface area (Å²) in [5.74, 6) is 0. The molecule has 0 aromatic heterocycles. The minimum atomic E-state index is 0.628. The highest BCUT2D eigenvalue weighted by Gasteiger charge is 2.02. The molecule has 0 aromatic carbocycles. The Hall–Kier alpha value is -0.120. The monoisotopic (exact) mass is 257 g/mol. The zero-order valence-corrected chi connectivity index (χ0v) is 13.3. The van der Waals surface area contributed by atoms with Gasteiger partial charge >= 0.3 is 0 Å². The van der Waals surface area contributed by atoms with Crippen molar-refractivity contribution < 1.29 is 0 Å². The van der Waals surface area contributed by atoms with Crippen LogP contribution in [0.15, 0.2) is 0 Å². The molecule has 0 saturated heterocycles. The van der Waals surface area contributed by atoms with Crippen LogP contribution < -0.4 is 5.32 Å². The summed E-state index contributed by atoms with van der Waals surface area (Å²) >= 11 is 0. The zero-order chi connectivity index (χ0) is 13.8. The van der Waals surface area contributed by atoms with Crippen molar-refractivity contribution in [1.29, 1.82) is 0 Å². The van der Waals surface area contributed by atoms with Gasteiger partial charge in [0.15, 0.2) is 0 Å². The Bertz CT molecular complexity index is 169. The molecule has 0 unspecified atom stereocenters. The normalized spacial score (nSPS) is 12.0. The van der Waals surface area contributed by atoms with Crippen LogP contribution in [0.3, 0.4) is 0 Å². The standard InChI is InChI=1S/C15H35N3/c1-6-18(14-10-12-17(4)5)13-9-7-8-11-16-15(2)3/h15-16H,6-14H2,1-5H3. The SMILES string of the molecule is CCN(CCCCCNC(C)C)CCCN(C)C. The van der Waals surface area contributed by atoms with E-state index in [1.807, 2.05) is 0 Å². The van der Waals surface area contributed by atoms with Crippen molar-refractivity contribution in [1.82, 2.24) is 15.1 Å². The Kier molecular flexibility index (Phi) is 11.9. The highest BCUT2D eigenvalue weighted by molar-refractivity contribution is 4.59. The molecular weight excluding hydrogens is 222 g/mol. The van der Waals surface area contributed by atoms with Gasteiger partial charge in [0.1, 0.15) is 0 Å². The first-order valence-electron chi connectivity index (χ1n) is 7.66. The molecule has 3 heteroatoms. The molecule has 110 valence electrons. The quantitative estimate of drug-likeness (QED) is 0.542. The van der Waals surface area contributed by atoms with E-state index in [0.717, 1.165) is 0 Å². The topological polar surface area (TPSA) is 18.5 Å². The maximum absolute atomic E-state index is 3.48. The number of rotatable bonds is 12. The molecule has 0 aromatic rings. The fourth-order valence-electron chi connectivity index (χ4n) is 2.07. The molecular formula is C15H35N3. The first kappa shape index (κ1) is 17.9. The molecule has 0 aliphatic rings. The maximum atomic E-state index is 3.48. The molecule has 0 aliphatic carbocycles. The molecule has 0 amide bonds. The van der Waals surface area contributed by atoms with Crippen molar-refractivity contribution in [3.63, 3.8) is 0 Å². The van der Waals surface area contributed by atoms with E-state index in [1.165, 1.54) is 58.4 Å². The first-order chi connectivity index (χ1) is 8.56. The molecule has 0 saturated carbocycles. The second-order valence-corrected chi connectivity index (χ2v) is 5.76. The molecule has 0 fully saturated rings. The molecule has 1 N–H and O–H groups in total. The second-order valence-electron chi connectivity index (χ2n) is 5.76. The fraction of sp³-hybridized carbons (Fsp3) is 1.00. The number of unbranched alkanes of at least 4 members (excludes halogenated alkanes) is 2. The summed E-state index contributed by atoms with van der Waals surface area (Å²) in [6.07, 6.45) is 5.29. The highest BCUT2D eigenvalue weighted by atomic mass is 15.1. The van der Waals surface area contributed by atoms with Gasteiger partial charge in [0, 0.05) is 6.04 Å². The summed E-state index contributed by atoms with van der Waals surface area (Å²) in [4.78, 5) is 4.85. The van der Waals surface area contributed by atoms with Crippen LogP contribution in [0.2, 0.25) is 0 Å². The van der Waals surface area contributed by atoms with Gasteiger partial charge in [0.2, 0.25) is 0 Å². The fourth-order valence-corrected chi connectivity index (χ4v) is 2.07. The average molecular weight is 257 g/mol. The molecule has 0 spiro atoms. The van der Waals surface area contributed by atoms with Crippen molar-refractivity contribution in [2.24, 2.45) is 0 Å². The molecule has 0 aliphatic heterocycles. The lowest BCUT2D eigenvalue weighted by Crippen LogP contribution is -2.28. The van der Waals surface area contributed by atoms with Crippen LogP contribution in [-0.4, -0.2) is 62.7 Å². The Morgan fingerprint density at radius 1 is 0.889 bits per heavy atom. The molecule has 3 nitrogen and oxygen atoms in total. The third-order valence-electron chi connectivity index (χ3n) is 3.23. The number of hydrogen-bond acceptors (Lipinski definition) is 3. The molecule has 0 bridgehead atoms. The Morgan fingerprint density at radius 2 is 1.56 bits per heavy atom. The average Bonchev–Trinajstić information content (AvgIpc) is 2.30. The second kappa shape index (κ2) is 11.9. The van der Waals surface area contributed by atoms with Crippen LogP contribution in [0.5, 0.6) is 0 Å². The Labute approximate surface area is 115 Å². The summed E-state index contributed by atoms with van der Waals surface area (Å²) in [6, 6.07) is 0.628. The van der Waals surface area contributed by atoms with E-state index in [9.17, 15) is 0 Å². The summed E-state index contributed by atoms with van der Waals surface area (Å²) in [5.41, 5.74) is 0. The van der Waals surface area contributed by atoms with Crippen molar-refractivity contribution in [2.75, 3.05) is 46.8 Å². The number of nitrogens with one attached hydrogen (secondary N) is 1. The van der Waals surface area contributed by atoms with E-state index in [4.69, 9.17) is 0 Å². The van der Waals surface area contributed by atoms with Crippen LogP contribution in [0.25, 0.3) is 0 Å². The van der Waals surface area contributed by atoms with Gasteiger partial charge < -0.3 is 15.1 Å². The minimum Gasteiger partial charge on any atom is -0.315 e. The van der Waals surface area contributed by atoms with Crippen LogP contribution in [0, 0.1) is 0 Å². The molecule has 0 heterocycles. The number of nitrogens with zero attached hydrogens (tertiary/aromatic N) is 2. The van der Waals surface area contributed by atoms with Gasteiger partial charge in [0.05, 0.1) is 0 Å². The summed E-state index contributed by atoms with van der Waals surface area (Å²) in [5, 5.41) is 3.48. The van der Waals surface area contributed by atoms with Crippen molar-refractivity contribution in [3.05, 3.63) is 0 Å². The largest absolute Gasteiger partial charge is 0.315 e. The van der Waals surface area contributed by atoms with Crippen molar-refractivity contribution in [3.8, 4) is 0 Å². The Morgan fingerprint density at radius 3 is 2.11 bits per heavy atom. The van der Waals surface area contributed by atoms with Gasteiger partial charge in [-0.25, -0.2) is 0 Å². The maximum Gasteiger partial charge on any atom is 0.00103 e. The van der Waals surface area contributed by atoms with E-state index in [-0.39, 0.29) is 0 Å². The van der Waals surface area contributed by atoms with Gasteiger partial charge in [-0.1, -0.05) is 27.2 Å². The summed E-state index contributed by atoms with van der Waals surface area (Å²) in [6.45, 7) is 12.8. The summed E-state index contributed by atoms with van der Waals surface area (Å²) in [7, 11) is 4.30. The van der Waals surface area contributed by atoms with Crippen LogP contribution in [-0.2, 0) is 0 Å². The Balaban J connectivity index is 3.38. The van der Waals surface area contributed by atoms with Gasteiger partial charge in [-0.3, -0.25) is 0 Å². The summed E-state index contributed by atoms with van der Waals surface area (Å²) < 4.78 is 0. The lowest BCUT2D eigenvalue weighted by Gasteiger charge is -2.21. The van der Waals surface area contributed by atoms with Gasteiger partial charge in [-0.2, -0.15) is 0 Å². The van der Waals surface area contributed by atoms with Crippen LogP contribution in [0.1, 0.15) is 46.5 Å². The van der Waals surface area contributed by atoms with Crippen molar-refractivity contribution >= 4 is 0 Å². The van der Waals surface area contributed by atoms with Crippen LogP contribution >= 0.6 is 0 Å². The third kappa shape index (κ3) is 12.3. The third-order valence-corrected chi connectivity index (χ3v) is 3.23. The molecule has 0 rings (SSSR count). The molecule has 0 radical (unpaired) electrons. The van der Waals surface area contributed by atoms with Gasteiger partial charge in [0.25, 0.3) is 0 Å². The lowest BCUT2D eigenvalue weighted by molar-refractivity contribution is 0.261. The predicted octanol–water partition coefficient (Wildman–Crippen LogP) is 2.43. The van der Waals surface area contributed by atoms with E-state index in [1.54, 1.807) is 0 Å². The minimum absolute atomic E-state index is 0.628. The highest BCUT2D eigenvalue weighted by Crippen LogP contribution is 2.00. The molecule has 18 heavy (non-hydrogen) atoms. The van der Waals surface area contributed by atoms with Crippen molar-refractivity contribution in [2.45, 2.75) is 52.5 Å². The predicted molar refractivity (Wildman–Crippen MR) is 82.3 cm³/mol. The van der Waals surface area contributed by atoms with E-state index < -0.39 is 0 Å². The van der Waals surface area contributed by atoms with E-state index in [0.29, 0.717) is 6.04 Å². The lowest BCUT2D eigenvalue weighted by atomic mass is 10.2. The van der Waals surface area contributed by atoms with Gasteiger partial charge in [-0.05, 0) is 66.1 Å². The van der Waals surface area contributed by atoms with Crippen LogP contribution in [0.4, 0.5) is 0 Å². The molecule has 0 atom stereocenters. The first-order valence-corrected chi connectivity index (χ1v) is 7.66. The van der Waals surface area contributed by atoms with Gasteiger partial charge in [-0.15, -0.1) is 0 Å². The number of hydrogen-bond donors (Lipinski definition) is 1.